The average Bonchev–Trinajstić information content (AvgIpc) is 2.45. The Bertz CT molecular complexity index is 314. The fraction of sp³-hybridized carbons (Fsp3) is 0.600. The molecule has 4 nitrogen and oxygen atoms in total. The Morgan fingerprint density at radius 1 is 1.00 bits per heavy atom. The first-order chi connectivity index (χ1) is 9.36. The molecule has 0 aliphatic rings. The summed E-state index contributed by atoms with van der Waals surface area (Å²) in [6.45, 7) is 6.65. The lowest BCUT2D eigenvalue weighted by atomic mass is 10.1. The molecule has 0 radical (unpaired) electrons. The molecule has 0 fully saturated rings. The van der Waals surface area contributed by atoms with Crippen molar-refractivity contribution in [3.8, 4) is 5.75 Å². The molecule has 0 aliphatic heterocycles. The normalized spacial score (nSPS) is 10.6. The van der Waals surface area contributed by atoms with Crippen LogP contribution in [0.1, 0.15) is 12.5 Å². The Kier molecular flexibility index (Phi) is 9.06. The number of benzene rings is 1. The molecule has 0 bridgehead atoms. The minimum Gasteiger partial charge on any atom is -0.492 e. The van der Waals surface area contributed by atoms with Crippen molar-refractivity contribution in [2.24, 2.45) is 0 Å². The van der Waals surface area contributed by atoms with Gasteiger partial charge in [0.15, 0.2) is 0 Å². The molecule has 19 heavy (non-hydrogen) atoms. The summed E-state index contributed by atoms with van der Waals surface area (Å²) >= 11 is 0. The highest BCUT2D eigenvalue weighted by Crippen LogP contribution is 2.12. The molecule has 0 spiro atoms. The van der Waals surface area contributed by atoms with Gasteiger partial charge in [-0.1, -0.05) is 12.1 Å². The monoisotopic (exact) mass is 267 g/mol. The van der Waals surface area contributed by atoms with E-state index in [1.54, 1.807) is 7.11 Å². The molecular formula is C15H25NO3. The minimum absolute atomic E-state index is 0.670. The second-order valence-electron chi connectivity index (χ2n) is 4.18. The van der Waals surface area contributed by atoms with Gasteiger partial charge in [0.1, 0.15) is 12.4 Å². The molecule has 0 atom stereocenters. The first kappa shape index (κ1) is 16.0. The third-order valence-electron chi connectivity index (χ3n) is 2.69. The van der Waals surface area contributed by atoms with E-state index in [0.29, 0.717) is 6.61 Å². The number of hydrogen-bond acceptors (Lipinski definition) is 4. The molecule has 108 valence electrons. The number of methoxy groups -OCH3 is 1. The van der Waals surface area contributed by atoms with E-state index in [1.807, 2.05) is 19.1 Å². The van der Waals surface area contributed by atoms with E-state index in [-0.39, 0.29) is 0 Å². The first-order valence-electron chi connectivity index (χ1n) is 6.86. The molecule has 1 rings (SSSR count). The summed E-state index contributed by atoms with van der Waals surface area (Å²) in [7, 11) is 1.72. The maximum absolute atomic E-state index is 5.64. The molecule has 0 unspecified atom stereocenters. The van der Waals surface area contributed by atoms with E-state index in [4.69, 9.17) is 14.2 Å². The molecule has 0 heterocycles. The predicted molar refractivity (Wildman–Crippen MR) is 76.9 cm³/mol. The smallest absolute Gasteiger partial charge is 0.119 e. The highest BCUT2D eigenvalue weighted by atomic mass is 16.5. The summed E-state index contributed by atoms with van der Waals surface area (Å²) in [4.78, 5) is 0. The highest BCUT2D eigenvalue weighted by Gasteiger charge is 1.96. The Hall–Kier alpha value is -1.10. The van der Waals surface area contributed by atoms with Crippen LogP contribution in [0, 0.1) is 0 Å². The van der Waals surface area contributed by atoms with Crippen molar-refractivity contribution in [2.75, 3.05) is 46.6 Å². The topological polar surface area (TPSA) is 39.7 Å². The van der Waals surface area contributed by atoms with Crippen molar-refractivity contribution in [1.82, 2.24) is 5.32 Å². The zero-order chi connectivity index (χ0) is 13.8. The standard InChI is InChI=1S/C15H25NO3/c1-3-18-12-9-16-10-13-19-15-6-4-14(5-7-15)8-11-17-2/h4-7,16H,3,8-13H2,1-2H3. The minimum atomic E-state index is 0.670. The van der Waals surface area contributed by atoms with Crippen LogP contribution in [0.2, 0.25) is 0 Å². The molecule has 0 aromatic heterocycles. The largest absolute Gasteiger partial charge is 0.492 e. The van der Waals surface area contributed by atoms with Gasteiger partial charge in [-0.25, -0.2) is 0 Å². The first-order valence-corrected chi connectivity index (χ1v) is 6.86. The molecule has 0 aliphatic carbocycles. The van der Waals surface area contributed by atoms with Crippen molar-refractivity contribution in [3.63, 3.8) is 0 Å². The summed E-state index contributed by atoms with van der Waals surface area (Å²) < 4.78 is 15.9. The van der Waals surface area contributed by atoms with Crippen LogP contribution in [0.4, 0.5) is 0 Å². The molecule has 1 N–H and O–H groups in total. The number of nitrogens with one attached hydrogen (secondary N) is 1. The summed E-state index contributed by atoms with van der Waals surface area (Å²) in [6, 6.07) is 8.17. The molecular weight excluding hydrogens is 242 g/mol. The zero-order valence-electron chi connectivity index (χ0n) is 12.0. The lowest BCUT2D eigenvalue weighted by molar-refractivity contribution is 0.148. The third kappa shape index (κ3) is 7.82. The predicted octanol–water partition coefficient (Wildman–Crippen LogP) is 1.88. The van der Waals surface area contributed by atoms with Gasteiger partial charge in [-0.05, 0) is 31.0 Å². The molecule has 1 aromatic carbocycles. The number of rotatable bonds is 11. The van der Waals surface area contributed by atoms with E-state index < -0.39 is 0 Å². The number of ether oxygens (including phenoxy) is 3. The van der Waals surface area contributed by atoms with Gasteiger partial charge in [0.05, 0.1) is 13.2 Å². The van der Waals surface area contributed by atoms with Crippen LogP contribution in [0.15, 0.2) is 24.3 Å². The summed E-state index contributed by atoms with van der Waals surface area (Å²) in [5.41, 5.74) is 1.27. The quantitative estimate of drug-likeness (QED) is 0.621. The Morgan fingerprint density at radius 3 is 2.42 bits per heavy atom. The molecule has 0 saturated heterocycles. The van der Waals surface area contributed by atoms with Gasteiger partial charge in [-0.3, -0.25) is 0 Å². The molecule has 1 aromatic rings. The van der Waals surface area contributed by atoms with Crippen molar-refractivity contribution in [2.45, 2.75) is 13.3 Å². The maximum atomic E-state index is 5.64. The van der Waals surface area contributed by atoms with Crippen LogP contribution in [0.5, 0.6) is 5.75 Å². The van der Waals surface area contributed by atoms with E-state index in [0.717, 1.165) is 45.1 Å². The van der Waals surface area contributed by atoms with E-state index in [9.17, 15) is 0 Å². The average molecular weight is 267 g/mol. The maximum Gasteiger partial charge on any atom is 0.119 e. The zero-order valence-corrected chi connectivity index (χ0v) is 12.0. The van der Waals surface area contributed by atoms with Crippen LogP contribution in [0.3, 0.4) is 0 Å². The second-order valence-corrected chi connectivity index (χ2v) is 4.18. The SMILES string of the molecule is CCOCCNCCOc1ccc(CCOC)cc1. The Morgan fingerprint density at radius 2 is 1.74 bits per heavy atom. The van der Waals surface area contributed by atoms with E-state index >= 15 is 0 Å². The van der Waals surface area contributed by atoms with Crippen molar-refractivity contribution in [1.29, 1.82) is 0 Å². The fourth-order valence-corrected chi connectivity index (χ4v) is 1.63. The summed E-state index contributed by atoms with van der Waals surface area (Å²) in [5.74, 6) is 0.910. The van der Waals surface area contributed by atoms with Crippen LogP contribution >= 0.6 is 0 Å². The second kappa shape index (κ2) is 10.8. The van der Waals surface area contributed by atoms with Crippen LogP contribution < -0.4 is 10.1 Å². The summed E-state index contributed by atoms with van der Waals surface area (Å²) in [6.07, 6.45) is 0.940. The highest BCUT2D eigenvalue weighted by molar-refractivity contribution is 5.27. The van der Waals surface area contributed by atoms with Crippen LogP contribution in [-0.2, 0) is 15.9 Å². The lowest BCUT2D eigenvalue weighted by Crippen LogP contribution is -2.24. The van der Waals surface area contributed by atoms with E-state index in [2.05, 4.69) is 17.4 Å². The van der Waals surface area contributed by atoms with Gasteiger partial charge in [-0.15, -0.1) is 0 Å². The lowest BCUT2D eigenvalue weighted by Gasteiger charge is -2.08. The van der Waals surface area contributed by atoms with Gasteiger partial charge >= 0.3 is 0 Å². The van der Waals surface area contributed by atoms with Crippen molar-refractivity contribution >= 4 is 0 Å². The van der Waals surface area contributed by atoms with Gasteiger partial charge in [-0.2, -0.15) is 0 Å². The van der Waals surface area contributed by atoms with Gasteiger partial charge < -0.3 is 19.5 Å². The van der Waals surface area contributed by atoms with Gasteiger partial charge in [0.25, 0.3) is 0 Å². The van der Waals surface area contributed by atoms with Crippen molar-refractivity contribution < 1.29 is 14.2 Å². The number of hydrogen-bond donors (Lipinski definition) is 1. The van der Waals surface area contributed by atoms with Gasteiger partial charge in [0, 0.05) is 26.8 Å². The van der Waals surface area contributed by atoms with E-state index in [1.165, 1.54) is 5.56 Å². The fourth-order valence-electron chi connectivity index (χ4n) is 1.63. The van der Waals surface area contributed by atoms with Crippen molar-refractivity contribution in [3.05, 3.63) is 29.8 Å². The Balaban J connectivity index is 2.09. The molecule has 0 amide bonds. The third-order valence-corrected chi connectivity index (χ3v) is 2.69. The molecule has 4 heteroatoms. The summed E-state index contributed by atoms with van der Waals surface area (Å²) in [5, 5.41) is 3.26. The molecule has 0 saturated carbocycles. The Labute approximate surface area is 116 Å². The van der Waals surface area contributed by atoms with Crippen LogP contribution in [0.25, 0.3) is 0 Å². The van der Waals surface area contributed by atoms with Gasteiger partial charge in [0.2, 0.25) is 0 Å². The van der Waals surface area contributed by atoms with Crippen LogP contribution in [-0.4, -0.2) is 46.6 Å².